The molecule has 0 bridgehead atoms. The van der Waals surface area contributed by atoms with Gasteiger partial charge in [-0.3, -0.25) is 9.36 Å². The van der Waals surface area contributed by atoms with Gasteiger partial charge in [0, 0.05) is 6.61 Å². The van der Waals surface area contributed by atoms with Crippen LogP contribution in [0.3, 0.4) is 0 Å². The normalized spacial score (nSPS) is 17.2. The van der Waals surface area contributed by atoms with Gasteiger partial charge in [0.25, 0.3) is 5.56 Å². The zero-order chi connectivity index (χ0) is 22.1. The lowest BCUT2D eigenvalue weighted by Crippen LogP contribution is -2.42. The predicted molar refractivity (Wildman–Crippen MR) is 115 cm³/mol. The van der Waals surface area contributed by atoms with Gasteiger partial charge in [-0.2, -0.15) is 0 Å². The second-order valence-corrected chi connectivity index (χ2v) is 7.78. The third-order valence-electron chi connectivity index (χ3n) is 5.40. The van der Waals surface area contributed by atoms with Crippen molar-refractivity contribution in [2.24, 2.45) is 0 Å². The number of hydrogen-bond donors (Lipinski definition) is 0. The minimum Gasteiger partial charge on any atom is -0.464 e. The first-order valence-electron chi connectivity index (χ1n) is 10.2. The van der Waals surface area contributed by atoms with E-state index in [1.807, 2.05) is 0 Å². The van der Waals surface area contributed by atoms with E-state index in [0.29, 0.717) is 17.3 Å². The van der Waals surface area contributed by atoms with Gasteiger partial charge in [0.05, 0.1) is 36.3 Å². The molecule has 1 fully saturated rings. The molecule has 0 saturated carbocycles. The van der Waals surface area contributed by atoms with E-state index in [1.165, 1.54) is 15.5 Å². The predicted octanol–water partition coefficient (Wildman–Crippen LogP) is 2.31. The van der Waals surface area contributed by atoms with Gasteiger partial charge in [-0.05, 0) is 38.8 Å². The molecule has 3 heterocycles. The van der Waals surface area contributed by atoms with Crippen LogP contribution in [-0.2, 0) is 20.8 Å². The molecule has 3 aromatic rings. The van der Waals surface area contributed by atoms with Crippen molar-refractivity contribution >= 4 is 28.7 Å². The molecule has 1 saturated heterocycles. The van der Waals surface area contributed by atoms with Crippen LogP contribution in [0.5, 0.6) is 0 Å². The summed E-state index contributed by atoms with van der Waals surface area (Å²) in [7, 11) is 0. The first-order chi connectivity index (χ1) is 14.9. The van der Waals surface area contributed by atoms with Crippen LogP contribution in [0.15, 0.2) is 40.2 Å². The van der Waals surface area contributed by atoms with Crippen LogP contribution in [0, 0.1) is 0 Å². The van der Waals surface area contributed by atoms with Crippen LogP contribution in [0.1, 0.15) is 32.7 Å². The van der Waals surface area contributed by atoms with E-state index in [1.54, 1.807) is 38.1 Å². The Labute approximate surface area is 182 Å². The third-order valence-corrected chi connectivity index (χ3v) is 5.72. The highest BCUT2D eigenvalue weighted by Gasteiger charge is 2.27. The van der Waals surface area contributed by atoms with E-state index in [2.05, 4.69) is 4.98 Å². The summed E-state index contributed by atoms with van der Waals surface area (Å²) in [5, 5.41) is 0.334. The number of benzene rings is 1. The summed E-state index contributed by atoms with van der Waals surface area (Å²) in [6.45, 7) is 4.24. The zero-order valence-corrected chi connectivity index (χ0v) is 18.0. The van der Waals surface area contributed by atoms with Crippen LogP contribution < -0.4 is 11.2 Å². The van der Waals surface area contributed by atoms with Gasteiger partial charge < -0.3 is 14.0 Å². The summed E-state index contributed by atoms with van der Waals surface area (Å²) in [5.74, 6) is -0.498. The number of fused-ring (bicyclic) bond motifs is 1. The minimum absolute atomic E-state index is 0.108. The molecule has 2 atom stereocenters. The fourth-order valence-corrected chi connectivity index (χ4v) is 4.04. The van der Waals surface area contributed by atoms with Crippen LogP contribution in [-0.4, -0.2) is 44.0 Å². The molecule has 164 valence electrons. The quantitative estimate of drug-likeness (QED) is 0.539. The summed E-state index contributed by atoms with van der Waals surface area (Å²) in [6.07, 6.45) is 2.77. The van der Waals surface area contributed by atoms with Gasteiger partial charge in [0.2, 0.25) is 0 Å². The van der Waals surface area contributed by atoms with Crippen molar-refractivity contribution in [1.29, 1.82) is 0 Å². The highest BCUT2D eigenvalue weighted by atomic mass is 35.5. The second-order valence-electron chi connectivity index (χ2n) is 7.37. The summed E-state index contributed by atoms with van der Waals surface area (Å²) < 4.78 is 14.6. The van der Waals surface area contributed by atoms with Crippen LogP contribution in [0.25, 0.3) is 16.9 Å². The molecule has 0 aliphatic carbocycles. The topological polar surface area (TPSA) is 97.4 Å². The van der Waals surface area contributed by atoms with Crippen LogP contribution >= 0.6 is 11.6 Å². The molecule has 0 radical (unpaired) electrons. The number of nitrogens with zero attached hydrogens (tertiary/aromatic N) is 4. The van der Waals surface area contributed by atoms with Gasteiger partial charge in [-0.25, -0.2) is 19.1 Å². The number of imidazole rings is 1. The van der Waals surface area contributed by atoms with E-state index < -0.39 is 23.3 Å². The van der Waals surface area contributed by atoms with Crippen molar-refractivity contribution in [3.8, 4) is 5.69 Å². The molecular weight excluding hydrogens is 424 g/mol. The molecular formula is C21H23ClN4O5. The molecule has 9 nitrogen and oxygen atoms in total. The number of rotatable bonds is 6. The number of esters is 1. The summed E-state index contributed by atoms with van der Waals surface area (Å²) in [6, 6.07) is 6.03. The van der Waals surface area contributed by atoms with E-state index >= 15 is 0 Å². The number of aromatic nitrogens is 4. The number of halogens is 1. The molecule has 0 unspecified atom stereocenters. The van der Waals surface area contributed by atoms with Crippen molar-refractivity contribution in [2.75, 3.05) is 13.2 Å². The first kappa shape index (κ1) is 21.3. The smallest absolute Gasteiger partial charge is 0.337 e. The lowest BCUT2D eigenvalue weighted by atomic mass is 10.2. The molecule has 10 heteroatoms. The Morgan fingerprint density at radius 3 is 2.81 bits per heavy atom. The maximum absolute atomic E-state index is 13.4. The monoisotopic (exact) mass is 446 g/mol. The van der Waals surface area contributed by atoms with Gasteiger partial charge >= 0.3 is 11.7 Å². The van der Waals surface area contributed by atoms with Gasteiger partial charge in [0.1, 0.15) is 6.04 Å². The lowest BCUT2D eigenvalue weighted by Gasteiger charge is -2.17. The number of para-hydroxylation sites is 1. The van der Waals surface area contributed by atoms with Crippen molar-refractivity contribution < 1.29 is 14.3 Å². The average molecular weight is 447 g/mol. The van der Waals surface area contributed by atoms with Crippen molar-refractivity contribution in [3.63, 3.8) is 0 Å². The molecule has 0 amide bonds. The van der Waals surface area contributed by atoms with Crippen molar-refractivity contribution in [3.05, 3.63) is 56.5 Å². The van der Waals surface area contributed by atoms with Crippen LogP contribution in [0.4, 0.5) is 0 Å². The SMILES string of the molecule is CCOC(=O)[C@H](C)n1cnc2c1c(=O)n(C[C@H]1CCCO1)c(=O)n2-c1ccccc1Cl. The van der Waals surface area contributed by atoms with Crippen molar-refractivity contribution in [2.45, 2.75) is 45.4 Å². The molecule has 1 aromatic carbocycles. The van der Waals surface area contributed by atoms with Crippen molar-refractivity contribution in [1.82, 2.24) is 18.7 Å². The number of carbonyl (C=O) groups is 1. The van der Waals surface area contributed by atoms with E-state index in [9.17, 15) is 14.4 Å². The summed E-state index contributed by atoms with van der Waals surface area (Å²) in [4.78, 5) is 43.5. The Morgan fingerprint density at radius 2 is 2.13 bits per heavy atom. The van der Waals surface area contributed by atoms with E-state index in [4.69, 9.17) is 21.1 Å². The Bertz CT molecular complexity index is 1240. The third kappa shape index (κ3) is 3.79. The Hall–Kier alpha value is -2.91. The Morgan fingerprint density at radius 1 is 1.35 bits per heavy atom. The fraction of sp³-hybridized carbons (Fsp3) is 0.429. The zero-order valence-electron chi connectivity index (χ0n) is 17.3. The molecule has 1 aliphatic rings. The average Bonchev–Trinajstić information content (AvgIpc) is 3.42. The lowest BCUT2D eigenvalue weighted by molar-refractivity contribution is -0.146. The Kier molecular flexibility index (Phi) is 5.97. The fourth-order valence-electron chi connectivity index (χ4n) is 3.82. The first-order valence-corrected chi connectivity index (χ1v) is 10.6. The Balaban J connectivity index is 2.00. The second kappa shape index (κ2) is 8.68. The highest BCUT2D eigenvalue weighted by Crippen LogP contribution is 2.23. The van der Waals surface area contributed by atoms with E-state index in [0.717, 1.165) is 17.4 Å². The molecule has 2 aromatic heterocycles. The molecule has 4 rings (SSSR count). The van der Waals surface area contributed by atoms with E-state index in [-0.39, 0.29) is 30.4 Å². The maximum atomic E-state index is 13.4. The molecule has 0 N–H and O–H groups in total. The van der Waals surface area contributed by atoms with Gasteiger partial charge in [-0.15, -0.1) is 0 Å². The largest absolute Gasteiger partial charge is 0.464 e. The molecule has 0 spiro atoms. The number of ether oxygens (including phenoxy) is 2. The minimum atomic E-state index is -0.800. The number of hydrogen-bond acceptors (Lipinski definition) is 6. The van der Waals surface area contributed by atoms with Gasteiger partial charge in [-0.1, -0.05) is 23.7 Å². The summed E-state index contributed by atoms with van der Waals surface area (Å²) >= 11 is 6.37. The standard InChI is InChI=1S/C21H23ClN4O5/c1-3-30-20(28)13(2)25-12-23-18-17(25)19(27)24(11-14-7-6-10-31-14)21(29)26(18)16-9-5-4-8-15(16)22/h4-5,8-9,12-14H,3,6-7,10-11H2,1-2H3/t13-,14+/m0/s1. The maximum Gasteiger partial charge on any atom is 0.337 e. The van der Waals surface area contributed by atoms with Crippen LogP contribution in [0.2, 0.25) is 5.02 Å². The molecule has 1 aliphatic heterocycles. The highest BCUT2D eigenvalue weighted by molar-refractivity contribution is 6.32. The molecule has 31 heavy (non-hydrogen) atoms. The summed E-state index contributed by atoms with van der Waals surface area (Å²) in [5.41, 5.74) is -0.446. The van der Waals surface area contributed by atoms with Gasteiger partial charge in [0.15, 0.2) is 11.2 Å². The number of carbonyl (C=O) groups excluding carboxylic acids is 1.